The van der Waals surface area contributed by atoms with Crippen molar-refractivity contribution in [2.45, 2.75) is 90.5 Å². The molecule has 0 saturated carbocycles. The maximum absolute atomic E-state index is 14.1. The number of amides is 1. The molecule has 230 valence electrons. The van der Waals surface area contributed by atoms with Gasteiger partial charge in [0.1, 0.15) is 4.83 Å². The topological polar surface area (TPSA) is 81.3 Å². The molecule has 2 saturated heterocycles. The molecule has 1 unspecified atom stereocenters. The lowest BCUT2D eigenvalue weighted by Gasteiger charge is -2.47. The third-order valence-electron chi connectivity index (χ3n) is 8.64. The Balaban J connectivity index is 1.17. The van der Waals surface area contributed by atoms with Crippen molar-refractivity contribution in [1.29, 1.82) is 0 Å². The van der Waals surface area contributed by atoms with Crippen molar-refractivity contribution in [3.8, 4) is 5.69 Å². The first-order valence-corrected chi connectivity index (χ1v) is 16.3. The summed E-state index contributed by atoms with van der Waals surface area (Å²) in [7, 11) is 0. The molecule has 0 N–H and O–H groups in total. The van der Waals surface area contributed by atoms with E-state index in [9.17, 15) is 4.79 Å². The van der Waals surface area contributed by atoms with E-state index in [0.717, 1.165) is 71.1 Å². The smallest absolute Gasteiger partial charge is 0.264 e. The highest BCUT2D eigenvalue weighted by atomic mass is 35.5. The molecule has 1 atom stereocenters. The Hall–Kier alpha value is -2.79. The summed E-state index contributed by atoms with van der Waals surface area (Å²) in [5.74, 6) is 0.0471. The Kier molecular flexibility index (Phi) is 7.72. The van der Waals surface area contributed by atoms with Crippen LogP contribution in [0.2, 0.25) is 5.02 Å². The van der Waals surface area contributed by atoms with E-state index in [2.05, 4.69) is 63.0 Å². The average molecular weight is 624 g/mol. The molecule has 4 aromatic rings. The minimum atomic E-state index is -0.267. The second kappa shape index (κ2) is 11.0. The molecule has 2 aliphatic rings. The Labute approximate surface area is 262 Å². The lowest BCUT2D eigenvalue weighted by molar-refractivity contribution is -0.180. The predicted octanol–water partition coefficient (Wildman–Crippen LogP) is 6.33. The standard InChI is InChI=1S/C32H42ClN7O2S/c1-21-26-16-27(43-29(26)40(35-21)24-10-8-9-22(33)15-24)28(41)38-18-25(11-13-30(38,2)3)39-17-23(34-36-39)12-14-37-19-31(4,5)42-32(6,7)20-37/h8-10,15-17,25H,11-14,18-20H2,1-7H3. The highest BCUT2D eigenvalue weighted by molar-refractivity contribution is 7.20. The van der Waals surface area contributed by atoms with Gasteiger partial charge in [0, 0.05) is 54.7 Å². The van der Waals surface area contributed by atoms with E-state index in [1.54, 1.807) is 0 Å². The second-order valence-electron chi connectivity index (χ2n) is 14.0. The van der Waals surface area contributed by atoms with E-state index in [4.69, 9.17) is 21.4 Å². The molecule has 5 heterocycles. The zero-order valence-electron chi connectivity index (χ0n) is 26.2. The van der Waals surface area contributed by atoms with Crippen molar-refractivity contribution in [3.05, 3.63) is 57.8 Å². The van der Waals surface area contributed by atoms with Crippen LogP contribution in [-0.2, 0) is 11.2 Å². The van der Waals surface area contributed by atoms with Gasteiger partial charge >= 0.3 is 0 Å². The number of aryl methyl sites for hydroxylation is 1. The quantitative estimate of drug-likeness (QED) is 0.250. The van der Waals surface area contributed by atoms with E-state index in [1.807, 2.05) is 51.5 Å². The van der Waals surface area contributed by atoms with E-state index < -0.39 is 0 Å². The average Bonchev–Trinajstić information content (AvgIpc) is 3.62. The summed E-state index contributed by atoms with van der Waals surface area (Å²) >= 11 is 7.75. The van der Waals surface area contributed by atoms with Crippen LogP contribution in [0.5, 0.6) is 0 Å². The first-order valence-electron chi connectivity index (χ1n) is 15.1. The number of piperidine rings is 1. The Morgan fingerprint density at radius 2 is 1.86 bits per heavy atom. The molecule has 6 rings (SSSR count). The number of ether oxygens (including phenoxy) is 1. The van der Waals surface area contributed by atoms with Crippen LogP contribution in [0.4, 0.5) is 0 Å². The van der Waals surface area contributed by atoms with Gasteiger partial charge in [0.15, 0.2) is 0 Å². The number of hydrogen-bond acceptors (Lipinski definition) is 7. The van der Waals surface area contributed by atoms with Crippen LogP contribution in [0, 0.1) is 6.92 Å². The summed E-state index contributed by atoms with van der Waals surface area (Å²) in [5, 5.41) is 15.4. The van der Waals surface area contributed by atoms with Gasteiger partial charge < -0.3 is 9.64 Å². The Morgan fingerprint density at radius 3 is 2.58 bits per heavy atom. The Morgan fingerprint density at radius 1 is 1.12 bits per heavy atom. The number of benzene rings is 1. The normalized spacial score (nSPS) is 21.9. The van der Waals surface area contributed by atoms with E-state index >= 15 is 0 Å². The Bertz CT molecular complexity index is 1640. The number of aromatic nitrogens is 5. The fourth-order valence-corrected chi connectivity index (χ4v) is 8.15. The van der Waals surface area contributed by atoms with Gasteiger partial charge in [-0.15, -0.1) is 16.4 Å². The zero-order valence-corrected chi connectivity index (χ0v) is 27.8. The van der Waals surface area contributed by atoms with E-state index in [-0.39, 0.29) is 28.7 Å². The number of fused-ring (bicyclic) bond motifs is 1. The predicted molar refractivity (Wildman–Crippen MR) is 171 cm³/mol. The van der Waals surface area contributed by atoms with Crippen LogP contribution in [0.25, 0.3) is 15.9 Å². The van der Waals surface area contributed by atoms with Crippen molar-refractivity contribution in [1.82, 2.24) is 34.6 Å². The van der Waals surface area contributed by atoms with Crippen LogP contribution < -0.4 is 0 Å². The lowest BCUT2D eigenvalue weighted by Crippen LogP contribution is -2.57. The third-order valence-corrected chi connectivity index (χ3v) is 9.98. The van der Waals surface area contributed by atoms with Crippen molar-refractivity contribution in [2.75, 3.05) is 26.2 Å². The maximum atomic E-state index is 14.1. The maximum Gasteiger partial charge on any atom is 0.264 e. The molecule has 1 amide bonds. The van der Waals surface area contributed by atoms with Crippen molar-refractivity contribution in [3.63, 3.8) is 0 Å². The van der Waals surface area contributed by atoms with Crippen LogP contribution in [0.15, 0.2) is 36.5 Å². The SMILES string of the molecule is Cc1nn(-c2cccc(Cl)c2)c2sc(C(=O)N3CC(n4cc(CCN5CC(C)(C)OC(C)(C)C5)nn4)CCC3(C)C)cc12. The summed E-state index contributed by atoms with van der Waals surface area (Å²) in [5.41, 5.74) is 2.14. The molecule has 0 spiro atoms. The van der Waals surface area contributed by atoms with Crippen LogP contribution in [-0.4, -0.2) is 83.4 Å². The van der Waals surface area contributed by atoms with Gasteiger partial charge in [-0.2, -0.15) is 5.10 Å². The largest absolute Gasteiger partial charge is 0.367 e. The summed E-state index contributed by atoms with van der Waals surface area (Å²) in [6.07, 6.45) is 4.74. The molecule has 9 nitrogen and oxygen atoms in total. The number of morpholine rings is 1. The van der Waals surface area contributed by atoms with Crippen molar-refractivity contribution >= 4 is 39.1 Å². The fraction of sp³-hybridized carbons (Fsp3) is 0.562. The van der Waals surface area contributed by atoms with Crippen LogP contribution in [0.1, 0.15) is 81.5 Å². The molecule has 0 aliphatic carbocycles. The number of rotatable bonds is 6. The number of thiophene rings is 1. The molecule has 0 bridgehead atoms. The van der Waals surface area contributed by atoms with Gasteiger partial charge in [0.05, 0.1) is 39.2 Å². The summed E-state index contributed by atoms with van der Waals surface area (Å²) < 4.78 is 10.1. The molecule has 11 heteroatoms. The molecule has 3 aromatic heterocycles. The fourth-order valence-electron chi connectivity index (χ4n) is 6.83. The zero-order chi connectivity index (χ0) is 30.7. The molecule has 2 fully saturated rings. The third kappa shape index (κ3) is 6.25. The molecular weight excluding hydrogens is 582 g/mol. The molecule has 43 heavy (non-hydrogen) atoms. The number of likely N-dealkylation sites (tertiary alicyclic amines) is 1. The number of halogens is 1. The highest BCUT2D eigenvalue weighted by Crippen LogP contribution is 2.37. The summed E-state index contributed by atoms with van der Waals surface area (Å²) in [4.78, 5) is 20.2. The minimum Gasteiger partial charge on any atom is -0.367 e. The molecule has 1 aromatic carbocycles. The monoisotopic (exact) mass is 623 g/mol. The first kappa shape index (κ1) is 30.2. The van der Waals surface area contributed by atoms with E-state index in [1.165, 1.54) is 11.3 Å². The minimum absolute atomic E-state index is 0.0471. The lowest BCUT2D eigenvalue weighted by atomic mass is 9.88. The van der Waals surface area contributed by atoms with Gasteiger partial charge in [-0.3, -0.25) is 9.69 Å². The van der Waals surface area contributed by atoms with Gasteiger partial charge in [-0.25, -0.2) is 9.36 Å². The van der Waals surface area contributed by atoms with Gasteiger partial charge in [0.25, 0.3) is 5.91 Å². The summed E-state index contributed by atoms with van der Waals surface area (Å²) in [6, 6.07) is 9.70. The van der Waals surface area contributed by atoms with Gasteiger partial charge in [0.2, 0.25) is 0 Å². The van der Waals surface area contributed by atoms with E-state index in [0.29, 0.717) is 11.6 Å². The number of nitrogens with zero attached hydrogens (tertiary/aromatic N) is 7. The second-order valence-corrected chi connectivity index (χ2v) is 15.5. The number of carbonyl (C=O) groups excluding carboxylic acids is 1. The van der Waals surface area contributed by atoms with Crippen LogP contribution >= 0.6 is 22.9 Å². The van der Waals surface area contributed by atoms with Gasteiger partial charge in [-0.05, 0) is 85.6 Å². The van der Waals surface area contributed by atoms with Crippen molar-refractivity contribution < 1.29 is 9.53 Å². The van der Waals surface area contributed by atoms with Crippen LogP contribution in [0.3, 0.4) is 0 Å². The van der Waals surface area contributed by atoms with Crippen molar-refractivity contribution in [2.24, 2.45) is 0 Å². The molecular formula is C32H42ClN7O2S. The molecule has 2 aliphatic heterocycles. The summed E-state index contributed by atoms with van der Waals surface area (Å²) in [6.45, 7) is 18.2. The number of hydrogen-bond donors (Lipinski definition) is 0. The first-order chi connectivity index (χ1) is 20.2. The molecule has 0 radical (unpaired) electrons. The highest BCUT2D eigenvalue weighted by Gasteiger charge is 2.40. The van der Waals surface area contributed by atoms with Gasteiger partial charge in [-0.1, -0.05) is 22.9 Å². The number of carbonyl (C=O) groups is 1.